The summed E-state index contributed by atoms with van der Waals surface area (Å²) in [5, 5.41) is 0. The van der Waals surface area contributed by atoms with Gasteiger partial charge >= 0.3 is 0 Å². The number of aromatic nitrogens is 1. The van der Waals surface area contributed by atoms with Gasteiger partial charge in [-0.2, -0.15) is 0 Å². The van der Waals surface area contributed by atoms with Gasteiger partial charge in [0.05, 0.1) is 0 Å². The fourth-order valence-electron chi connectivity index (χ4n) is 0.812. The lowest BCUT2D eigenvalue weighted by Gasteiger charge is -1.96. The molecular weight excluding hydrogens is 122 g/mol. The largest absolute Gasteiger partial charge is 0.261 e. The van der Waals surface area contributed by atoms with E-state index in [0.29, 0.717) is 0 Å². The Morgan fingerprint density at radius 3 is 2.70 bits per heavy atom. The predicted molar refractivity (Wildman–Crippen MR) is 42.7 cm³/mol. The molecule has 0 unspecified atom stereocenters. The van der Waals surface area contributed by atoms with Crippen LogP contribution < -0.4 is 0 Å². The Kier molecular flexibility index (Phi) is 2.43. The van der Waals surface area contributed by atoms with E-state index in [9.17, 15) is 0 Å². The van der Waals surface area contributed by atoms with Crippen molar-refractivity contribution >= 4 is 0 Å². The van der Waals surface area contributed by atoms with Crippen LogP contribution in [-0.4, -0.2) is 4.98 Å². The fraction of sp³-hybridized carbons (Fsp3) is 0.333. The molecule has 0 bridgehead atoms. The second-order valence-corrected chi connectivity index (χ2v) is 2.26. The number of aryl methyl sites for hydroxylation is 1. The maximum Gasteiger partial charge on any atom is 0.0401 e. The van der Waals surface area contributed by atoms with Gasteiger partial charge in [0.1, 0.15) is 0 Å². The molecule has 10 heavy (non-hydrogen) atoms. The Labute approximate surface area is 62.1 Å². The normalized spacial score (nSPS) is 9.80. The van der Waals surface area contributed by atoms with E-state index < -0.39 is 0 Å². The predicted octanol–water partition coefficient (Wildman–Crippen LogP) is 2.02. The van der Waals surface area contributed by atoms with E-state index in [1.54, 1.807) is 0 Å². The minimum atomic E-state index is 0.830. The number of rotatable bonds is 2. The molecule has 1 aromatic rings. The zero-order chi connectivity index (χ0) is 7.40. The smallest absolute Gasteiger partial charge is 0.0401 e. The van der Waals surface area contributed by atoms with E-state index in [2.05, 4.69) is 31.0 Å². The van der Waals surface area contributed by atoms with Crippen molar-refractivity contribution in [3.8, 4) is 0 Å². The molecular formula is C9H12N. The molecule has 53 valence electrons. The lowest BCUT2D eigenvalue weighted by atomic mass is 10.2. The Balaban J connectivity index is 2.80. The van der Waals surface area contributed by atoms with Crippen LogP contribution in [0.5, 0.6) is 0 Å². The first-order valence-corrected chi connectivity index (χ1v) is 3.60. The molecule has 0 saturated carbocycles. The first-order valence-electron chi connectivity index (χ1n) is 3.60. The van der Waals surface area contributed by atoms with Crippen LogP contribution in [0, 0.1) is 6.92 Å². The van der Waals surface area contributed by atoms with Crippen LogP contribution >= 0.6 is 0 Å². The Bertz CT molecular complexity index is 165. The second kappa shape index (κ2) is 3.35. The third-order valence-corrected chi connectivity index (χ3v) is 1.54. The maximum atomic E-state index is 4.23. The molecule has 0 atom stereocenters. The van der Waals surface area contributed by atoms with E-state index in [-0.39, 0.29) is 0 Å². The topological polar surface area (TPSA) is 12.9 Å². The van der Waals surface area contributed by atoms with Crippen molar-refractivity contribution in [2.45, 2.75) is 19.8 Å². The van der Waals surface area contributed by atoms with Crippen LogP contribution in [0.3, 0.4) is 0 Å². The lowest BCUT2D eigenvalue weighted by molar-refractivity contribution is 1.02. The summed E-state index contributed by atoms with van der Waals surface area (Å²) in [4.78, 5) is 4.23. The third-order valence-electron chi connectivity index (χ3n) is 1.54. The molecule has 0 fully saturated rings. The zero-order valence-electron chi connectivity index (χ0n) is 6.30. The summed E-state index contributed by atoms with van der Waals surface area (Å²) in [7, 11) is 0. The number of pyridine rings is 1. The molecule has 1 nitrogen and oxygen atoms in total. The highest BCUT2D eigenvalue weighted by Gasteiger charge is 1.89. The number of hydrogen-bond acceptors (Lipinski definition) is 1. The van der Waals surface area contributed by atoms with E-state index >= 15 is 0 Å². The summed E-state index contributed by atoms with van der Waals surface area (Å²) in [6.45, 7) is 5.87. The Hall–Kier alpha value is -0.850. The molecule has 0 spiro atoms. The summed E-state index contributed by atoms with van der Waals surface area (Å²) in [5.74, 6) is 0. The summed E-state index contributed by atoms with van der Waals surface area (Å²) in [6, 6.07) is 4.14. The van der Waals surface area contributed by atoms with Crippen LogP contribution in [0.4, 0.5) is 0 Å². The van der Waals surface area contributed by atoms with E-state index in [4.69, 9.17) is 0 Å². The monoisotopic (exact) mass is 134 g/mol. The van der Waals surface area contributed by atoms with Crippen LogP contribution in [-0.2, 0) is 12.8 Å². The van der Waals surface area contributed by atoms with Crippen LogP contribution in [0.25, 0.3) is 0 Å². The average Bonchev–Trinajstić information content (AvgIpc) is 2.05. The van der Waals surface area contributed by atoms with Gasteiger partial charge < -0.3 is 0 Å². The number of nitrogens with zero attached hydrogens (tertiary/aromatic N) is 1. The zero-order valence-corrected chi connectivity index (χ0v) is 6.30. The maximum absolute atomic E-state index is 4.23. The molecule has 0 amide bonds. The van der Waals surface area contributed by atoms with Gasteiger partial charge in [0, 0.05) is 11.9 Å². The van der Waals surface area contributed by atoms with Gasteiger partial charge in [-0.3, -0.25) is 4.98 Å². The van der Waals surface area contributed by atoms with Crippen molar-refractivity contribution in [3.05, 3.63) is 36.5 Å². The van der Waals surface area contributed by atoms with E-state index in [0.717, 1.165) is 18.5 Å². The van der Waals surface area contributed by atoms with Crippen molar-refractivity contribution in [2.24, 2.45) is 0 Å². The lowest BCUT2D eigenvalue weighted by Crippen LogP contribution is -1.87. The fourth-order valence-corrected chi connectivity index (χ4v) is 0.812. The van der Waals surface area contributed by atoms with Gasteiger partial charge in [0.15, 0.2) is 0 Å². The molecule has 0 saturated heterocycles. The van der Waals surface area contributed by atoms with Gasteiger partial charge in [0.2, 0.25) is 0 Å². The molecule has 0 N–H and O–H groups in total. The quantitative estimate of drug-likeness (QED) is 0.603. The Morgan fingerprint density at radius 2 is 2.30 bits per heavy atom. The number of hydrogen-bond donors (Lipinski definition) is 0. The minimum absolute atomic E-state index is 0.830. The Morgan fingerprint density at radius 1 is 1.50 bits per heavy atom. The molecule has 0 aromatic carbocycles. The molecule has 0 aliphatic rings. The molecule has 1 heteroatoms. The molecule has 0 aliphatic heterocycles. The van der Waals surface area contributed by atoms with Crippen molar-refractivity contribution in [1.82, 2.24) is 4.98 Å². The molecule has 1 aromatic heterocycles. The highest BCUT2D eigenvalue weighted by atomic mass is 14.7. The molecule has 1 rings (SSSR count). The van der Waals surface area contributed by atoms with Crippen molar-refractivity contribution < 1.29 is 0 Å². The van der Waals surface area contributed by atoms with Gasteiger partial charge in [-0.05, 0) is 31.4 Å². The molecule has 1 heterocycles. The average molecular weight is 134 g/mol. The van der Waals surface area contributed by atoms with Gasteiger partial charge in [-0.15, -0.1) is 0 Å². The van der Waals surface area contributed by atoms with Crippen LogP contribution in [0.15, 0.2) is 18.3 Å². The highest BCUT2D eigenvalue weighted by molar-refractivity contribution is 5.14. The summed E-state index contributed by atoms with van der Waals surface area (Å²) < 4.78 is 0. The molecule has 0 aliphatic carbocycles. The van der Waals surface area contributed by atoms with Gasteiger partial charge in [-0.25, -0.2) is 0 Å². The van der Waals surface area contributed by atoms with E-state index in [1.807, 2.05) is 6.20 Å². The summed E-state index contributed by atoms with van der Waals surface area (Å²) in [6.07, 6.45) is 3.74. The van der Waals surface area contributed by atoms with Gasteiger partial charge in [0.25, 0.3) is 0 Å². The molecule has 1 radical (unpaired) electrons. The van der Waals surface area contributed by atoms with Crippen LogP contribution in [0.2, 0.25) is 0 Å². The van der Waals surface area contributed by atoms with Gasteiger partial charge in [-0.1, -0.05) is 13.0 Å². The minimum Gasteiger partial charge on any atom is -0.261 e. The van der Waals surface area contributed by atoms with E-state index in [1.165, 1.54) is 5.56 Å². The van der Waals surface area contributed by atoms with Crippen LogP contribution in [0.1, 0.15) is 18.2 Å². The standard InChI is InChI=1S/C9H12N/c1-3-8-5-6-9(4-2)10-7-8/h5-7H,1,3-4H2,2H3. The first-order chi connectivity index (χ1) is 4.86. The van der Waals surface area contributed by atoms with Crippen molar-refractivity contribution in [1.29, 1.82) is 0 Å². The SMILES string of the molecule is [CH2]Cc1ccc(CC)nc1. The second-order valence-electron chi connectivity index (χ2n) is 2.26. The summed E-state index contributed by atoms with van der Waals surface area (Å²) in [5.41, 5.74) is 2.36. The first kappa shape index (κ1) is 7.26. The van der Waals surface area contributed by atoms with Crippen molar-refractivity contribution in [3.63, 3.8) is 0 Å². The summed E-state index contributed by atoms with van der Waals surface area (Å²) >= 11 is 0. The highest BCUT2D eigenvalue weighted by Crippen LogP contribution is 2.00. The third kappa shape index (κ3) is 1.56. The van der Waals surface area contributed by atoms with Crippen molar-refractivity contribution in [2.75, 3.05) is 0 Å².